The summed E-state index contributed by atoms with van der Waals surface area (Å²) in [6, 6.07) is 0. The number of H-pyrrole nitrogens is 1. The number of aromatic amines is 1. The molecule has 140 valence electrons. The van der Waals surface area contributed by atoms with Crippen LogP contribution in [0.5, 0.6) is 0 Å². The highest BCUT2D eigenvalue weighted by molar-refractivity contribution is 5.76. The van der Waals surface area contributed by atoms with E-state index in [1.807, 2.05) is 18.2 Å². The molecule has 0 aromatic carbocycles. The van der Waals surface area contributed by atoms with Gasteiger partial charge in [0, 0.05) is 44.6 Å². The molecule has 3 aromatic heterocycles. The maximum Gasteiger partial charge on any atom is 0.329 e. The zero-order chi connectivity index (χ0) is 18.4. The summed E-state index contributed by atoms with van der Waals surface area (Å²) in [5, 5.41) is 0. The van der Waals surface area contributed by atoms with Gasteiger partial charge in [0.15, 0.2) is 11.2 Å². The molecule has 4 heterocycles. The van der Waals surface area contributed by atoms with E-state index in [4.69, 9.17) is 4.74 Å². The number of morpholine rings is 1. The fourth-order valence-corrected chi connectivity index (χ4v) is 3.72. The highest BCUT2D eigenvalue weighted by atomic mass is 16.5. The highest BCUT2D eigenvalue weighted by Gasteiger charge is 2.20. The number of aromatic nitrogens is 5. The Bertz CT molecular complexity index is 1080. The quantitative estimate of drug-likeness (QED) is 0.708. The minimum Gasteiger partial charge on any atom is -0.379 e. The van der Waals surface area contributed by atoms with E-state index in [0.29, 0.717) is 16.9 Å². The summed E-state index contributed by atoms with van der Waals surface area (Å²) in [6.45, 7) is 9.39. The third-order valence-electron chi connectivity index (χ3n) is 5.36. The van der Waals surface area contributed by atoms with Gasteiger partial charge in [-0.25, -0.2) is 4.79 Å². The highest BCUT2D eigenvalue weighted by Crippen LogP contribution is 2.20. The normalized spacial score (nSPS) is 16.1. The Morgan fingerprint density at radius 1 is 1.12 bits per heavy atom. The Morgan fingerprint density at radius 2 is 1.85 bits per heavy atom. The van der Waals surface area contributed by atoms with Gasteiger partial charge in [0.25, 0.3) is 5.56 Å². The Hall–Kier alpha value is -2.39. The molecule has 0 aliphatic carbocycles. The van der Waals surface area contributed by atoms with Gasteiger partial charge in [-0.2, -0.15) is 4.98 Å². The zero-order valence-corrected chi connectivity index (χ0v) is 15.4. The second-order valence-corrected chi connectivity index (χ2v) is 6.87. The van der Waals surface area contributed by atoms with E-state index in [1.54, 1.807) is 7.05 Å². The molecular weight excluding hydrogens is 336 g/mol. The third-order valence-corrected chi connectivity index (χ3v) is 5.36. The van der Waals surface area contributed by atoms with Gasteiger partial charge in [-0.15, -0.1) is 0 Å². The lowest BCUT2D eigenvalue weighted by molar-refractivity contribution is 0.0369. The summed E-state index contributed by atoms with van der Waals surface area (Å²) in [7, 11) is 1.62. The third kappa shape index (κ3) is 2.58. The fraction of sp³-hybridized carbons (Fsp3) is 0.588. The van der Waals surface area contributed by atoms with Crippen molar-refractivity contribution >= 4 is 16.9 Å². The van der Waals surface area contributed by atoms with Crippen LogP contribution in [0.1, 0.15) is 17.8 Å². The fourth-order valence-electron chi connectivity index (χ4n) is 3.72. The topological polar surface area (TPSA) is 89.6 Å². The van der Waals surface area contributed by atoms with Crippen LogP contribution in [0, 0.1) is 13.8 Å². The van der Waals surface area contributed by atoms with E-state index in [0.717, 1.165) is 57.2 Å². The number of aryl methyl sites for hydroxylation is 3. The van der Waals surface area contributed by atoms with E-state index in [2.05, 4.69) is 19.4 Å². The number of rotatable bonds is 4. The molecule has 0 amide bonds. The van der Waals surface area contributed by atoms with Gasteiger partial charge in [-0.3, -0.25) is 23.6 Å². The number of hydrogen-bond donors (Lipinski definition) is 1. The van der Waals surface area contributed by atoms with Crippen LogP contribution in [0.25, 0.3) is 16.9 Å². The molecule has 1 fully saturated rings. The van der Waals surface area contributed by atoms with Crippen LogP contribution in [0.4, 0.5) is 0 Å². The number of fused-ring (bicyclic) bond motifs is 3. The Labute approximate surface area is 149 Å². The van der Waals surface area contributed by atoms with Crippen LogP contribution in [0.2, 0.25) is 0 Å². The van der Waals surface area contributed by atoms with Crippen molar-refractivity contribution in [2.24, 2.45) is 7.05 Å². The monoisotopic (exact) mass is 360 g/mol. The van der Waals surface area contributed by atoms with Crippen LogP contribution in [-0.2, 0) is 18.3 Å². The Balaban J connectivity index is 1.73. The average molecular weight is 360 g/mol. The standard InChI is InChI=1S/C17H24N6O3/c1-11-12(2)23-13-14(20(3)17(25)19-15(13)24)18-16(23)22(11)6-4-5-21-7-9-26-10-8-21/h4-10H2,1-3H3,(H,19,24,25). The lowest BCUT2D eigenvalue weighted by atomic mass is 10.3. The summed E-state index contributed by atoms with van der Waals surface area (Å²) >= 11 is 0. The first-order valence-electron chi connectivity index (χ1n) is 8.96. The van der Waals surface area contributed by atoms with Crippen molar-refractivity contribution in [2.45, 2.75) is 26.8 Å². The van der Waals surface area contributed by atoms with Crippen LogP contribution >= 0.6 is 0 Å². The second kappa shape index (κ2) is 6.40. The van der Waals surface area contributed by atoms with Crippen LogP contribution in [0.3, 0.4) is 0 Å². The smallest absolute Gasteiger partial charge is 0.329 e. The first-order valence-corrected chi connectivity index (χ1v) is 8.96. The van der Waals surface area contributed by atoms with Crippen molar-refractivity contribution in [3.8, 4) is 0 Å². The Morgan fingerprint density at radius 3 is 2.58 bits per heavy atom. The molecule has 1 saturated heterocycles. The summed E-state index contributed by atoms with van der Waals surface area (Å²) in [6.07, 6.45) is 0.989. The number of ether oxygens (including phenoxy) is 1. The van der Waals surface area contributed by atoms with E-state index in [9.17, 15) is 9.59 Å². The molecule has 9 heteroatoms. The zero-order valence-electron chi connectivity index (χ0n) is 15.4. The molecule has 9 nitrogen and oxygen atoms in total. The maximum atomic E-state index is 12.4. The first-order chi connectivity index (χ1) is 12.5. The SMILES string of the molecule is Cc1c(C)n2c3c(=O)[nH]c(=O)n(C)c3nc2n1CCCN1CCOCC1. The molecule has 1 aliphatic rings. The van der Waals surface area contributed by atoms with Gasteiger partial charge in [-0.05, 0) is 20.3 Å². The van der Waals surface area contributed by atoms with Crippen LogP contribution in [-0.4, -0.2) is 61.3 Å². The van der Waals surface area contributed by atoms with E-state index in [1.165, 1.54) is 4.57 Å². The molecule has 0 spiro atoms. The van der Waals surface area contributed by atoms with Crippen molar-refractivity contribution in [2.75, 3.05) is 32.8 Å². The largest absolute Gasteiger partial charge is 0.379 e. The van der Waals surface area contributed by atoms with E-state index >= 15 is 0 Å². The minimum absolute atomic E-state index is 0.399. The van der Waals surface area contributed by atoms with Gasteiger partial charge in [-0.1, -0.05) is 0 Å². The molecule has 1 aliphatic heterocycles. The van der Waals surface area contributed by atoms with Crippen molar-refractivity contribution in [3.63, 3.8) is 0 Å². The number of imidazole rings is 2. The number of nitrogens with zero attached hydrogens (tertiary/aromatic N) is 5. The summed E-state index contributed by atoms with van der Waals surface area (Å²) < 4.78 is 10.8. The summed E-state index contributed by atoms with van der Waals surface area (Å²) in [5.74, 6) is 0.712. The molecular formula is C17H24N6O3. The summed E-state index contributed by atoms with van der Waals surface area (Å²) in [4.78, 5) is 33.6. The van der Waals surface area contributed by atoms with E-state index in [-0.39, 0.29) is 0 Å². The van der Waals surface area contributed by atoms with Crippen LogP contribution in [0.15, 0.2) is 9.59 Å². The van der Waals surface area contributed by atoms with Crippen LogP contribution < -0.4 is 11.2 Å². The van der Waals surface area contributed by atoms with Gasteiger partial charge in [0.2, 0.25) is 5.78 Å². The molecule has 3 aromatic rings. The average Bonchev–Trinajstić information content (AvgIpc) is 3.13. The molecule has 1 N–H and O–H groups in total. The van der Waals surface area contributed by atoms with Crippen molar-refractivity contribution in [3.05, 3.63) is 32.2 Å². The number of nitrogens with one attached hydrogen (secondary N) is 1. The molecule has 0 bridgehead atoms. The molecule has 26 heavy (non-hydrogen) atoms. The summed E-state index contributed by atoms with van der Waals surface area (Å²) in [5.41, 5.74) is 2.05. The van der Waals surface area contributed by atoms with Gasteiger partial charge in [0.05, 0.1) is 13.2 Å². The lowest BCUT2D eigenvalue weighted by Gasteiger charge is -2.26. The first kappa shape index (κ1) is 17.0. The molecule has 0 saturated carbocycles. The predicted molar refractivity (Wildman–Crippen MR) is 97.9 cm³/mol. The van der Waals surface area contributed by atoms with Gasteiger partial charge < -0.3 is 9.30 Å². The molecule has 4 rings (SSSR count). The van der Waals surface area contributed by atoms with E-state index < -0.39 is 11.2 Å². The number of hydrogen-bond acceptors (Lipinski definition) is 5. The molecule has 0 radical (unpaired) electrons. The molecule has 0 unspecified atom stereocenters. The van der Waals surface area contributed by atoms with Gasteiger partial charge in [0.1, 0.15) is 0 Å². The minimum atomic E-state index is -0.448. The Kier molecular flexibility index (Phi) is 4.20. The maximum absolute atomic E-state index is 12.4. The molecule has 0 atom stereocenters. The van der Waals surface area contributed by atoms with Crippen molar-refractivity contribution in [1.82, 2.24) is 28.4 Å². The van der Waals surface area contributed by atoms with Crippen molar-refractivity contribution in [1.29, 1.82) is 0 Å². The van der Waals surface area contributed by atoms with Crippen molar-refractivity contribution < 1.29 is 4.74 Å². The predicted octanol–water partition coefficient (Wildman–Crippen LogP) is 0.0151. The second-order valence-electron chi connectivity index (χ2n) is 6.87. The van der Waals surface area contributed by atoms with Gasteiger partial charge >= 0.3 is 5.69 Å². The lowest BCUT2D eigenvalue weighted by Crippen LogP contribution is -2.37.